The van der Waals surface area contributed by atoms with Crippen molar-refractivity contribution < 1.29 is 4.79 Å². The lowest BCUT2D eigenvalue weighted by molar-refractivity contribution is -0.151. The summed E-state index contributed by atoms with van der Waals surface area (Å²) in [5.74, 6) is 0.169. The summed E-state index contributed by atoms with van der Waals surface area (Å²) >= 11 is 12.6. The Balaban J connectivity index is 1.87. The zero-order chi connectivity index (χ0) is 22.7. The summed E-state index contributed by atoms with van der Waals surface area (Å²) in [5.41, 5.74) is 2.45. The number of rotatable bonds is 6. The molecule has 2 heterocycles. The van der Waals surface area contributed by atoms with Gasteiger partial charge in [-0.05, 0) is 60.4 Å². The largest absolute Gasteiger partial charge is 0.329 e. The minimum Gasteiger partial charge on any atom is -0.329 e. The number of hydrogen-bond donors (Lipinski definition) is 0. The molecule has 0 spiro atoms. The first kappa shape index (κ1) is 22.6. The third-order valence-corrected chi connectivity index (χ3v) is 6.79. The number of benzene rings is 2. The van der Waals surface area contributed by atoms with E-state index < -0.39 is 5.41 Å². The number of pyridine rings is 1. The third-order valence-electron chi connectivity index (χ3n) is 6.31. The molecule has 3 nitrogen and oxygen atoms in total. The van der Waals surface area contributed by atoms with Gasteiger partial charge in [0.2, 0.25) is 5.91 Å². The molecule has 0 saturated carbocycles. The molecule has 3 aromatic rings. The molecule has 2 aromatic carbocycles. The smallest absolute Gasteiger partial charge is 0.229 e. The van der Waals surface area contributed by atoms with Crippen LogP contribution in [0.3, 0.4) is 0 Å². The summed E-state index contributed by atoms with van der Waals surface area (Å²) < 4.78 is 0. The summed E-state index contributed by atoms with van der Waals surface area (Å²) in [6.45, 7) is 6.39. The zero-order valence-electron chi connectivity index (χ0n) is 18.0. The lowest BCUT2D eigenvalue weighted by atomic mass is 9.67. The van der Waals surface area contributed by atoms with Crippen LogP contribution in [-0.2, 0) is 11.3 Å². The van der Waals surface area contributed by atoms with E-state index in [4.69, 9.17) is 23.2 Å². The van der Waals surface area contributed by atoms with Gasteiger partial charge < -0.3 is 4.90 Å². The van der Waals surface area contributed by atoms with E-state index >= 15 is 0 Å². The third kappa shape index (κ3) is 4.60. The SMILES string of the molecule is C=CC[C@@]1(C)CC(c2cccc(Cl)c2)[C@@H](c2ccc(Cl)cc2)N(Cc2ccccn2)C1=O. The van der Waals surface area contributed by atoms with Crippen LogP contribution < -0.4 is 0 Å². The molecule has 1 amide bonds. The number of halogens is 2. The van der Waals surface area contributed by atoms with Gasteiger partial charge in [-0.1, -0.05) is 66.5 Å². The molecule has 0 N–H and O–H groups in total. The van der Waals surface area contributed by atoms with Crippen LogP contribution in [0.4, 0.5) is 0 Å². The number of amides is 1. The van der Waals surface area contributed by atoms with Gasteiger partial charge in [-0.3, -0.25) is 9.78 Å². The molecule has 3 atom stereocenters. The molecule has 1 saturated heterocycles. The molecule has 1 aromatic heterocycles. The second-order valence-electron chi connectivity index (χ2n) is 8.67. The lowest BCUT2D eigenvalue weighted by Gasteiger charge is -2.49. The maximum absolute atomic E-state index is 13.9. The van der Waals surface area contributed by atoms with Crippen molar-refractivity contribution in [3.05, 3.63) is 112 Å². The molecular formula is C27H26Cl2N2O. The van der Waals surface area contributed by atoms with Crippen molar-refractivity contribution in [2.45, 2.75) is 38.3 Å². The summed E-state index contributed by atoms with van der Waals surface area (Å²) in [7, 11) is 0. The molecule has 4 rings (SSSR count). The van der Waals surface area contributed by atoms with Crippen molar-refractivity contribution in [2.24, 2.45) is 5.41 Å². The van der Waals surface area contributed by atoms with Gasteiger partial charge in [0.1, 0.15) is 0 Å². The predicted octanol–water partition coefficient (Wildman–Crippen LogP) is 7.23. The van der Waals surface area contributed by atoms with E-state index in [1.165, 1.54) is 0 Å². The molecular weight excluding hydrogens is 439 g/mol. The summed E-state index contributed by atoms with van der Waals surface area (Å²) in [6.07, 6.45) is 4.91. The number of nitrogens with zero attached hydrogens (tertiary/aromatic N) is 2. The Labute approximate surface area is 199 Å². The fourth-order valence-corrected chi connectivity index (χ4v) is 5.13. The normalized spacial score (nSPS) is 23.2. The van der Waals surface area contributed by atoms with E-state index in [2.05, 4.69) is 17.6 Å². The van der Waals surface area contributed by atoms with Crippen LogP contribution in [0.1, 0.15) is 48.5 Å². The van der Waals surface area contributed by atoms with E-state index in [1.807, 2.05) is 78.6 Å². The highest BCUT2D eigenvalue weighted by molar-refractivity contribution is 6.30. The molecule has 0 aliphatic carbocycles. The number of hydrogen-bond acceptors (Lipinski definition) is 2. The summed E-state index contributed by atoms with van der Waals surface area (Å²) in [4.78, 5) is 20.4. The van der Waals surface area contributed by atoms with Gasteiger partial charge in [0, 0.05) is 22.2 Å². The van der Waals surface area contributed by atoms with E-state index in [0.29, 0.717) is 29.4 Å². The Morgan fingerprint density at radius 3 is 2.50 bits per heavy atom. The first-order valence-electron chi connectivity index (χ1n) is 10.7. The maximum Gasteiger partial charge on any atom is 0.229 e. The van der Waals surface area contributed by atoms with Crippen molar-refractivity contribution in [2.75, 3.05) is 0 Å². The highest BCUT2D eigenvalue weighted by Gasteiger charge is 2.49. The number of allylic oxidation sites excluding steroid dienone is 1. The number of carbonyl (C=O) groups excluding carboxylic acids is 1. The molecule has 164 valence electrons. The molecule has 1 fully saturated rings. The van der Waals surface area contributed by atoms with Crippen LogP contribution in [0.25, 0.3) is 0 Å². The highest BCUT2D eigenvalue weighted by atomic mass is 35.5. The van der Waals surface area contributed by atoms with Crippen LogP contribution in [0.2, 0.25) is 10.0 Å². The minimum absolute atomic E-state index is 0.0567. The quantitative estimate of drug-likeness (QED) is 0.360. The Morgan fingerprint density at radius 2 is 1.84 bits per heavy atom. The van der Waals surface area contributed by atoms with Crippen molar-refractivity contribution >= 4 is 29.1 Å². The average molecular weight is 465 g/mol. The molecule has 1 unspecified atom stereocenters. The van der Waals surface area contributed by atoms with Crippen LogP contribution >= 0.6 is 23.2 Å². The Hall–Kier alpha value is -2.62. The highest BCUT2D eigenvalue weighted by Crippen LogP contribution is 2.51. The number of piperidine rings is 1. The van der Waals surface area contributed by atoms with Crippen molar-refractivity contribution in [3.63, 3.8) is 0 Å². The van der Waals surface area contributed by atoms with E-state index in [1.54, 1.807) is 6.20 Å². The lowest BCUT2D eigenvalue weighted by Crippen LogP contribution is -2.51. The van der Waals surface area contributed by atoms with Gasteiger partial charge in [-0.25, -0.2) is 0 Å². The average Bonchev–Trinajstić information content (AvgIpc) is 2.79. The number of likely N-dealkylation sites (tertiary alicyclic amines) is 1. The van der Waals surface area contributed by atoms with Crippen molar-refractivity contribution in [1.82, 2.24) is 9.88 Å². The Bertz CT molecular complexity index is 1100. The first-order valence-corrected chi connectivity index (χ1v) is 11.5. The second kappa shape index (κ2) is 9.48. The summed E-state index contributed by atoms with van der Waals surface area (Å²) in [6, 6.07) is 21.4. The zero-order valence-corrected chi connectivity index (χ0v) is 19.6. The van der Waals surface area contributed by atoms with Crippen LogP contribution in [0, 0.1) is 5.41 Å². The van der Waals surface area contributed by atoms with Gasteiger partial charge >= 0.3 is 0 Å². The fourth-order valence-electron chi connectivity index (χ4n) is 4.81. The molecule has 32 heavy (non-hydrogen) atoms. The number of aromatic nitrogens is 1. The number of carbonyl (C=O) groups is 1. The van der Waals surface area contributed by atoms with Gasteiger partial charge in [-0.2, -0.15) is 0 Å². The van der Waals surface area contributed by atoms with Gasteiger partial charge in [0.25, 0.3) is 0 Å². The van der Waals surface area contributed by atoms with Crippen LogP contribution in [-0.4, -0.2) is 15.8 Å². The second-order valence-corrected chi connectivity index (χ2v) is 9.54. The fraction of sp³-hybridized carbons (Fsp3) is 0.259. The monoisotopic (exact) mass is 464 g/mol. The van der Waals surface area contributed by atoms with Crippen LogP contribution in [0.5, 0.6) is 0 Å². The molecule has 5 heteroatoms. The standard InChI is InChI=1S/C27H26Cl2N2O/c1-3-14-27(2)17-24(20-7-6-8-22(29)16-20)25(19-10-12-21(28)13-11-19)31(26(27)32)18-23-9-4-5-15-30-23/h3-13,15-16,24-25H,1,14,17-18H2,2H3/t24?,25-,27+/m1/s1. The Kier molecular flexibility index (Phi) is 6.68. The molecule has 0 bridgehead atoms. The maximum atomic E-state index is 13.9. The Morgan fingerprint density at radius 1 is 1.06 bits per heavy atom. The molecule has 0 radical (unpaired) electrons. The molecule has 1 aliphatic heterocycles. The van der Waals surface area contributed by atoms with Gasteiger partial charge in [-0.15, -0.1) is 6.58 Å². The van der Waals surface area contributed by atoms with Crippen LogP contribution in [0.15, 0.2) is 85.6 Å². The van der Waals surface area contributed by atoms with E-state index in [0.717, 1.165) is 16.8 Å². The summed E-state index contributed by atoms with van der Waals surface area (Å²) in [5, 5.41) is 1.36. The first-order chi connectivity index (χ1) is 15.4. The predicted molar refractivity (Wildman–Crippen MR) is 131 cm³/mol. The van der Waals surface area contributed by atoms with Crippen molar-refractivity contribution in [1.29, 1.82) is 0 Å². The van der Waals surface area contributed by atoms with Gasteiger partial charge in [0.15, 0.2) is 0 Å². The van der Waals surface area contributed by atoms with Crippen molar-refractivity contribution in [3.8, 4) is 0 Å². The van der Waals surface area contributed by atoms with E-state index in [-0.39, 0.29) is 17.9 Å². The topological polar surface area (TPSA) is 33.2 Å². The van der Waals surface area contributed by atoms with E-state index in [9.17, 15) is 4.79 Å². The van der Waals surface area contributed by atoms with Gasteiger partial charge in [0.05, 0.1) is 23.7 Å². The molecule has 1 aliphatic rings. The minimum atomic E-state index is -0.563.